The van der Waals surface area contributed by atoms with Gasteiger partial charge in [-0.25, -0.2) is 4.68 Å². The summed E-state index contributed by atoms with van der Waals surface area (Å²) in [6, 6.07) is 4.80. The SMILES string of the molecule is O=[N+]([O-])c1cccc2c1OC1(CC1)Cn1nnnc1-2. The van der Waals surface area contributed by atoms with E-state index in [0.717, 1.165) is 12.8 Å². The van der Waals surface area contributed by atoms with Crippen LogP contribution in [0.5, 0.6) is 5.75 Å². The molecule has 1 aliphatic carbocycles. The van der Waals surface area contributed by atoms with Gasteiger partial charge in [-0.15, -0.1) is 5.10 Å². The Hall–Kier alpha value is -2.51. The zero-order valence-electron chi connectivity index (χ0n) is 9.81. The van der Waals surface area contributed by atoms with Crippen molar-refractivity contribution >= 4 is 5.69 Å². The van der Waals surface area contributed by atoms with Gasteiger partial charge in [0.25, 0.3) is 0 Å². The van der Waals surface area contributed by atoms with Crippen molar-refractivity contribution in [3.63, 3.8) is 0 Å². The van der Waals surface area contributed by atoms with Gasteiger partial charge in [0.15, 0.2) is 5.82 Å². The number of hydrogen-bond donors (Lipinski definition) is 0. The predicted molar refractivity (Wildman–Crippen MR) is 62.5 cm³/mol. The monoisotopic (exact) mass is 259 g/mol. The first-order chi connectivity index (χ1) is 9.19. The molecule has 0 bridgehead atoms. The van der Waals surface area contributed by atoms with Gasteiger partial charge >= 0.3 is 5.69 Å². The molecule has 1 fully saturated rings. The third kappa shape index (κ3) is 1.42. The lowest BCUT2D eigenvalue weighted by Crippen LogP contribution is -2.24. The summed E-state index contributed by atoms with van der Waals surface area (Å²) in [5, 5.41) is 22.7. The van der Waals surface area contributed by atoms with Crippen LogP contribution in [-0.2, 0) is 6.54 Å². The molecule has 96 valence electrons. The average Bonchev–Trinajstić information content (AvgIpc) is 3.01. The van der Waals surface area contributed by atoms with E-state index in [4.69, 9.17) is 4.74 Å². The van der Waals surface area contributed by atoms with Crippen molar-refractivity contribution in [3.05, 3.63) is 28.3 Å². The van der Waals surface area contributed by atoms with Crippen LogP contribution in [0.3, 0.4) is 0 Å². The molecule has 19 heavy (non-hydrogen) atoms. The van der Waals surface area contributed by atoms with Crippen LogP contribution < -0.4 is 4.74 Å². The van der Waals surface area contributed by atoms with Crippen molar-refractivity contribution in [1.29, 1.82) is 0 Å². The molecule has 4 rings (SSSR count). The number of nitrogens with zero attached hydrogens (tertiary/aromatic N) is 5. The van der Waals surface area contributed by atoms with Crippen LogP contribution in [0, 0.1) is 10.1 Å². The van der Waals surface area contributed by atoms with Crippen molar-refractivity contribution in [2.24, 2.45) is 0 Å². The van der Waals surface area contributed by atoms with Crippen molar-refractivity contribution in [1.82, 2.24) is 20.2 Å². The molecule has 1 aromatic carbocycles. The van der Waals surface area contributed by atoms with Crippen LogP contribution >= 0.6 is 0 Å². The highest BCUT2D eigenvalue weighted by Gasteiger charge is 2.50. The minimum absolute atomic E-state index is 0.0415. The van der Waals surface area contributed by atoms with E-state index in [-0.39, 0.29) is 17.0 Å². The van der Waals surface area contributed by atoms with Crippen molar-refractivity contribution < 1.29 is 9.66 Å². The van der Waals surface area contributed by atoms with Gasteiger partial charge in [0.2, 0.25) is 5.75 Å². The molecule has 1 aromatic heterocycles. The van der Waals surface area contributed by atoms with E-state index in [9.17, 15) is 10.1 Å². The van der Waals surface area contributed by atoms with E-state index in [1.54, 1.807) is 16.8 Å². The van der Waals surface area contributed by atoms with Gasteiger partial charge in [-0.3, -0.25) is 10.1 Å². The van der Waals surface area contributed by atoms with Crippen LogP contribution in [0.25, 0.3) is 11.4 Å². The van der Waals surface area contributed by atoms with E-state index in [1.807, 2.05) is 0 Å². The van der Waals surface area contributed by atoms with Gasteiger partial charge in [-0.1, -0.05) is 6.07 Å². The fourth-order valence-corrected chi connectivity index (χ4v) is 2.38. The third-order valence-electron chi connectivity index (χ3n) is 3.53. The molecule has 0 unspecified atom stereocenters. The second kappa shape index (κ2) is 3.28. The predicted octanol–water partition coefficient (Wildman–Crippen LogP) is 1.17. The molecule has 0 N–H and O–H groups in total. The maximum absolute atomic E-state index is 11.1. The van der Waals surface area contributed by atoms with E-state index < -0.39 is 4.92 Å². The summed E-state index contributed by atoms with van der Waals surface area (Å²) < 4.78 is 7.57. The molecule has 0 amide bonds. The fourth-order valence-electron chi connectivity index (χ4n) is 2.38. The standard InChI is InChI=1S/C11H9N5O3/c17-16(18)8-3-1-2-7-9(8)19-11(4-5-11)6-15-10(7)12-13-14-15/h1-3H,4-6H2. The number of fused-ring (bicyclic) bond motifs is 3. The summed E-state index contributed by atoms with van der Waals surface area (Å²) in [4.78, 5) is 10.7. The van der Waals surface area contributed by atoms with Gasteiger partial charge in [0, 0.05) is 6.07 Å². The third-order valence-corrected chi connectivity index (χ3v) is 3.53. The Morgan fingerprint density at radius 2 is 2.26 bits per heavy atom. The van der Waals surface area contributed by atoms with E-state index in [2.05, 4.69) is 15.5 Å². The number of ether oxygens (including phenoxy) is 1. The fraction of sp³-hybridized carbons (Fsp3) is 0.364. The van der Waals surface area contributed by atoms with Crippen LogP contribution in [0.15, 0.2) is 18.2 Å². The number of hydrogen-bond acceptors (Lipinski definition) is 6. The number of rotatable bonds is 1. The topological polar surface area (TPSA) is 96.0 Å². The largest absolute Gasteiger partial charge is 0.478 e. The lowest BCUT2D eigenvalue weighted by Gasteiger charge is -2.15. The Balaban J connectivity index is 2.01. The number of para-hydroxylation sites is 1. The molecule has 0 atom stereocenters. The number of nitro groups is 1. The molecule has 2 aromatic rings. The molecule has 2 heterocycles. The zero-order chi connectivity index (χ0) is 13.0. The highest BCUT2D eigenvalue weighted by Crippen LogP contribution is 2.49. The number of nitro benzene ring substituents is 1. The summed E-state index contributed by atoms with van der Waals surface area (Å²) in [5.74, 6) is 0.793. The smallest absolute Gasteiger partial charge is 0.311 e. The zero-order valence-corrected chi connectivity index (χ0v) is 9.81. The van der Waals surface area contributed by atoms with Crippen LogP contribution in [-0.4, -0.2) is 30.7 Å². The van der Waals surface area contributed by atoms with Crippen molar-refractivity contribution in [2.75, 3.05) is 0 Å². The first-order valence-electron chi connectivity index (χ1n) is 5.92. The molecular formula is C11H9N5O3. The molecular weight excluding hydrogens is 250 g/mol. The first kappa shape index (κ1) is 10.4. The van der Waals surface area contributed by atoms with Crippen LogP contribution in [0.4, 0.5) is 5.69 Å². The van der Waals surface area contributed by atoms with Crippen molar-refractivity contribution in [3.8, 4) is 17.1 Å². The molecule has 1 aliphatic heterocycles. The van der Waals surface area contributed by atoms with Gasteiger partial charge in [-0.05, 0) is 29.3 Å². The Morgan fingerprint density at radius 3 is 3.00 bits per heavy atom. The summed E-state index contributed by atoms with van der Waals surface area (Å²) in [6.07, 6.45) is 1.72. The highest BCUT2D eigenvalue weighted by molar-refractivity contribution is 5.71. The lowest BCUT2D eigenvalue weighted by atomic mass is 10.1. The second-order valence-electron chi connectivity index (χ2n) is 4.86. The summed E-state index contributed by atoms with van der Waals surface area (Å²) in [6.45, 7) is 0.529. The van der Waals surface area contributed by atoms with Gasteiger partial charge in [-0.2, -0.15) is 0 Å². The van der Waals surface area contributed by atoms with E-state index in [0.29, 0.717) is 17.9 Å². The number of aromatic nitrogens is 4. The Kier molecular flexibility index (Phi) is 1.80. The molecule has 8 nitrogen and oxygen atoms in total. The number of benzene rings is 1. The van der Waals surface area contributed by atoms with Crippen LogP contribution in [0.2, 0.25) is 0 Å². The van der Waals surface area contributed by atoms with E-state index >= 15 is 0 Å². The molecule has 8 heteroatoms. The molecule has 1 saturated carbocycles. The average molecular weight is 259 g/mol. The highest BCUT2D eigenvalue weighted by atomic mass is 16.6. The van der Waals surface area contributed by atoms with Gasteiger partial charge < -0.3 is 4.74 Å². The minimum Gasteiger partial charge on any atom is -0.478 e. The maximum atomic E-state index is 11.1. The minimum atomic E-state index is -0.436. The Labute approximate surface area is 107 Å². The quantitative estimate of drug-likeness (QED) is 0.563. The van der Waals surface area contributed by atoms with Crippen LogP contribution in [0.1, 0.15) is 12.8 Å². The molecule has 2 aliphatic rings. The lowest BCUT2D eigenvalue weighted by molar-refractivity contribution is -0.386. The molecule has 1 spiro atoms. The Bertz CT molecular complexity index is 691. The second-order valence-corrected chi connectivity index (χ2v) is 4.86. The number of tetrazole rings is 1. The molecule has 0 radical (unpaired) electrons. The summed E-state index contributed by atoms with van der Waals surface area (Å²) in [7, 11) is 0. The van der Waals surface area contributed by atoms with Gasteiger partial charge in [0.1, 0.15) is 5.60 Å². The Morgan fingerprint density at radius 1 is 1.42 bits per heavy atom. The summed E-state index contributed by atoms with van der Waals surface area (Å²) in [5.41, 5.74) is 0.143. The normalized spacial score (nSPS) is 18.1. The van der Waals surface area contributed by atoms with E-state index in [1.165, 1.54) is 6.07 Å². The first-order valence-corrected chi connectivity index (χ1v) is 5.92. The van der Waals surface area contributed by atoms with Gasteiger partial charge in [0.05, 0.1) is 17.0 Å². The van der Waals surface area contributed by atoms with Crippen molar-refractivity contribution in [2.45, 2.75) is 25.0 Å². The summed E-state index contributed by atoms with van der Waals surface area (Å²) >= 11 is 0. The maximum Gasteiger partial charge on any atom is 0.311 e. The molecule has 0 saturated heterocycles.